The van der Waals surface area contributed by atoms with Crippen molar-refractivity contribution in [3.63, 3.8) is 0 Å². The van der Waals surface area contributed by atoms with E-state index in [0.29, 0.717) is 48.5 Å². The van der Waals surface area contributed by atoms with Crippen molar-refractivity contribution in [1.82, 2.24) is 9.80 Å². The number of carbonyl (C=O) groups excluding carboxylic acids is 2. The molecule has 8 heteroatoms. The van der Waals surface area contributed by atoms with Crippen LogP contribution in [0.15, 0.2) is 48.5 Å². The Hall–Kier alpha value is -2.12. The Balaban J connectivity index is 1.37. The van der Waals surface area contributed by atoms with Crippen molar-refractivity contribution < 1.29 is 14.3 Å². The van der Waals surface area contributed by atoms with Crippen LogP contribution in [-0.2, 0) is 20.9 Å². The van der Waals surface area contributed by atoms with Gasteiger partial charge in [-0.15, -0.1) is 0 Å². The number of nitrogens with one attached hydrogen (secondary N) is 1. The van der Waals surface area contributed by atoms with Gasteiger partial charge in [0, 0.05) is 31.2 Å². The number of piperazine rings is 1. The van der Waals surface area contributed by atoms with E-state index in [2.05, 4.69) is 5.32 Å². The van der Waals surface area contributed by atoms with Crippen LogP contribution in [0, 0.1) is 0 Å². The lowest BCUT2D eigenvalue weighted by Crippen LogP contribution is -2.51. The number of benzene rings is 2. The lowest BCUT2D eigenvalue weighted by Gasteiger charge is -2.34. The molecule has 0 bridgehead atoms. The van der Waals surface area contributed by atoms with Gasteiger partial charge in [0.25, 0.3) is 0 Å². The van der Waals surface area contributed by atoms with Gasteiger partial charge in [0.1, 0.15) is 6.61 Å². The fraction of sp³-hybridized carbons (Fsp3) is 0.333. The number of amides is 2. The number of nitrogens with zero attached hydrogens (tertiary/aromatic N) is 2. The van der Waals surface area contributed by atoms with E-state index in [1.807, 2.05) is 35.2 Å². The first kappa shape index (κ1) is 21.6. The summed E-state index contributed by atoms with van der Waals surface area (Å²) < 4.78 is 5.52. The van der Waals surface area contributed by atoms with Crippen molar-refractivity contribution in [2.45, 2.75) is 6.61 Å². The third-order valence-electron chi connectivity index (χ3n) is 4.68. The molecule has 3 rings (SSSR count). The predicted octanol–water partition coefficient (Wildman–Crippen LogP) is 3.29. The number of hydrogen-bond donors (Lipinski definition) is 1. The van der Waals surface area contributed by atoms with Crippen LogP contribution in [0.3, 0.4) is 0 Å². The quantitative estimate of drug-likeness (QED) is 0.724. The maximum absolute atomic E-state index is 12.3. The van der Waals surface area contributed by atoms with E-state index < -0.39 is 0 Å². The molecule has 0 aromatic heterocycles. The van der Waals surface area contributed by atoms with Crippen LogP contribution in [0.4, 0.5) is 5.69 Å². The maximum atomic E-state index is 12.3. The number of ether oxygens (including phenoxy) is 1. The summed E-state index contributed by atoms with van der Waals surface area (Å²) in [6.07, 6.45) is 0. The fourth-order valence-electron chi connectivity index (χ4n) is 3.07. The highest BCUT2D eigenvalue weighted by Gasteiger charge is 2.22. The molecular formula is C21H23Cl2N3O3. The lowest BCUT2D eigenvalue weighted by atomic mass is 10.2. The highest BCUT2D eigenvalue weighted by molar-refractivity contribution is 6.33. The number of halogens is 2. The van der Waals surface area contributed by atoms with Crippen molar-refractivity contribution in [3.8, 4) is 0 Å². The number of hydrogen-bond acceptors (Lipinski definition) is 4. The fourth-order valence-corrected chi connectivity index (χ4v) is 3.44. The number of carbonyl (C=O) groups is 2. The monoisotopic (exact) mass is 435 g/mol. The van der Waals surface area contributed by atoms with E-state index in [1.165, 1.54) is 0 Å². The van der Waals surface area contributed by atoms with Crippen molar-refractivity contribution in [2.24, 2.45) is 0 Å². The minimum Gasteiger partial charge on any atom is -0.367 e. The summed E-state index contributed by atoms with van der Waals surface area (Å²) in [6, 6.07) is 14.5. The van der Waals surface area contributed by atoms with E-state index in [4.69, 9.17) is 27.9 Å². The van der Waals surface area contributed by atoms with Gasteiger partial charge in [-0.2, -0.15) is 0 Å². The number of anilines is 1. The van der Waals surface area contributed by atoms with E-state index in [0.717, 1.165) is 5.56 Å². The van der Waals surface area contributed by atoms with Crippen LogP contribution >= 0.6 is 23.2 Å². The summed E-state index contributed by atoms with van der Waals surface area (Å²) in [5.41, 5.74) is 1.46. The molecule has 1 heterocycles. The van der Waals surface area contributed by atoms with Gasteiger partial charge in [0.15, 0.2) is 0 Å². The van der Waals surface area contributed by atoms with Crippen LogP contribution < -0.4 is 5.32 Å². The molecule has 1 aliphatic rings. The molecule has 1 fully saturated rings. The van der Waals surface area contributed by atoms with Crippen molar-refractivity contribution in [1.29, 1.82) is 0 Å². The molecule has 1 aliphatic heterocycles. The van der Waals surface area contributed by atoms with Crippen molar-refractivity contribution in [2.75, 3.05) is 44.6 Å². The average Bonchev–Trinajstić information content (AvgIpc) is 2.71. The molecule has 1 N–H and O–H groups in total. The Labute approximate surface area is 180 Å². The Morgan fingerprint density at radius 2 is 1.59 bits per heavy atom. The molecule has 2 aromatic rings. The van der Waals surface area contributed by atoms with E-state index >= 15 is 0 Å². The molecule has 2 amide bonds. The Morgan fingerprint density at radius 1 is 0.931 bits per heavy atom. The van der Waals surface area contributed by atoms with Crippen LogP contribution in [0.5, 0.6) is 0 Å². The van der Waals surface area contributed by atoms with Crippen LogP contribution in [0.1, 0.15) is 5.56 Å². The SMILES string of the molecule is O=C(CN1CCN(C(=O)COCc2ccccc2Cl)CC1)Nc1ccccc1Cl. The zero-order valence-corrected chi connectivity index (χ0v) is 17.5. The topological polar surface area (TPSA) is 61.9 Å². The van der Waals surface area contributed by atoms with Crippen molar-refractivity contribution >= 4 is 40.7 Å². The van der Waals surface area contributed by atoms with Crippen molar-refractivity contribution in [3.05, 3.63) is 64.1 Å². The normalized spacial score (nSPS) is 14.6. The molecule has 1 saturated heterocycles. The molecule has 2 aromatic carbocycles. The summed E-state index contributed by atoms with van der Waals surface area (Å²) in [4.78, 5) is 28.3. The molecule has 0 saturated carbocycles. The predicted molar refractivity (Wildman–Crippen MR) is 114 cm³/mol. The number of para-hydroxylation sites is 1. The third kappa shape index (κ3) is 6.44. The molecule has 0 spiro atoms. The minimum atomic E-state index is -0.124. The first-order valence-corrected chi connectivity index (χ1v) is 10.1. The highest BCUT2D eigenvalue weighted by atomic mass is 35.5. The van der Waals surface area contributed by atoms with Gasteiger partial charge in [0.2, 0.25) is 11.8 Å². The summed E-state index contributed by atoms with van der Waals surface area (Å²) in [7, 11) is 0. The van der Waals surface area contributed by atoms with Gasteiger partial charge < -0.3 is 15.0 Å². The molecular weight excluding hydrogens is 413 g/mol. The van der Waals surface area contributed by atoms with Crippen LogP contribution in [-0.4, -0.2) is 60.9 Å². The molecule has 0 atom stereocenters. The zero-order chi connectivity index (χ0) is 20.6. The summed E-state index contributed by atoms with van der Waals surface area (Å²) >= 11 is 12.1. The second-order valence-corrected chi connectivity index (χ2v) is 7.58. The zero-order valence-electron chi connectivity index (χ0n) is 15.9. The van der Waals surface area contributed by atoms with E-state index in [1.54, 1.807) is 23.1 Å². The van der Waals surface area contributed by atoms with Crippen LogP contribution in [0.2, 0.25) is 10.0 Å². The average molecular weight is 436 g/mol. The molecule has 0 aliphatic carbocycles. The van der Waals surface area contributed by atoms with Gasteiger partial charge in [-0.3, -0.25) is 14.5 Å². The summed E-state index contributed by atoms with van der Waals surface area (Å²) in [6.45, 7) is 2.96. The van der Waals surface area contributed by atoms with Gasteiger partial charge in [0.05, 0.1) is 23.9 Å². The molecule has 0 radical (unpaired) electrons. The number of rotatable bonds is 7. The lowest BCUT2D eigenvalue weighted by molar-refractivity contribution is -0.138. The van der Waals surface area contributed by atoms with Crippen LogP contribution in [0.25, 0.3) is 0 Å². The second-order valence-electron chi connectivity index (χ2n) is 6.77. The van der Waals surface area contributed by atoms with Gasteiger partial charge in [-0.05, 0) is 23.8 Å². The Morgan fingerprint density at radius 3 is 2.28 bits per heavy atom. The minimum absolute atomic E-state index is 0.0121. The standard InChI is InChI=1S/C21H23Cl2N3O3/c22-17-6-2-1-5-16(17)14-29-15-21(28)26-11-9-25(10-12-26)13-20(27)24-19-8-4-3-7-18(19)23/h1-8H,9-15H2,(H,24,27). The Kier molecular flexibility index (Phi) is 7.89. The summed E-state index contributed by atoms with van der Waals surface area (Å²) in [5.74, 6) is -0.182. The van der Waals surface area contributed by atoms with Gasteiger partial charge >= 0.3 is 0 Å². The molecule has 154 valence electrons. The molecule has 6 nitrogen and oxygen atoms in total. The first-order valence-electron chi connectivity index (χ1n) is 9.38. The van der Waals surface area contributed by atoms with E-state index in [-0.39, 0.29) is 25.0 Å². The Bertz CT molecular complexity index is 855. The van der Waals surface area contributed by atoms with Gasteiger partial charge in [-0.25, -0.2) is 0 Å². The van der Waals surface area contributed by atoms with Gasteiger partial charge in [-0.1, -0.05) is 53.5 Å². The third-order valence-corrected chi connectivity index (χ3v) is 5.38. The smallest absolute Gasteiger partial charge is 0.248 e. The summed E-state index contributed by atoms with van der Waals surface area (Å²) in [5, 5.41) is 3.95. The largest absolute Gasteiger partial charge is 0.367 e. The molecule has 29 heavy (non-hydrogen) atoms. The second kappa shape index (κ2) is 10.6. The highest BCUT2D eigenvalue weighted by Crippen LogP contribution is 2.20. The maximum Gasteiger partial charge on any atom is 0.248 e. The first-order chi connectivity index (χ1) is 14.0. The molecule has 0 unspecified atom stereocenters. The van der Waals surface area contributed by atoms with E-state index in [9.17, 15) is 9.59 Å².